The van der Waals surface area contributed by atoms with Crippen LogP contribution in [0.25, 0.3) is 0 Å². The van der Waals surface area contributed by atoms with E-state index in [9.17, 15) is 19.4 Å². The van der Waals surface area contributed by atoms with Gasteiger partial charge in [0.2, 0.25) is 0 Å². The molecule has 0 unspecified atom stereocenters. The third-order valence-electron chi connectivity index (χ3n) is 4.54. The molecule has 0 radical (unpaired) electrons. The molecule has 3 rings (SSSR count). The van der Waals surface area contributed by atoms with Crippen LogP contribution in [0.4, 0.5) is 4.39 Å². The number of carbonyl (C=O) groups is 1. The summed E-state index contributed by atoms with van der Waals surface area (Å²) in [5.74, 6) is -2.90. The molecule has 2 aliphatic heterocycles. The van der Waals surface area contributed by atoms with Crippen molar-refractivity contribution in [2.45, 2.75) is 36.9 Å². The molecule has 6 heteroatoms. The number of hydrogen-bond donors (Lipinski definition) is 2. The second-order valence-electron chi connectivity index (χ2n) is 6.03. The Morgan fingerprint density at radius 3 is 2.87 bits per heavy atom. The Morgan fingerprint density at radius 2 is 2.17 bits per heavy atom. The number of alkyl halides is 1. The summed E-state index contributed by atoms with van der Waals surface area (Å²) < 4.78 is 18.6. The van der Waals surface area contributed by atoms with Gasteiger partial charge in [-0.05, 0) is 17.5 Å². The van der Waals surface area contributed by atoms with Gasteiger partial charge in [0, 0.05) is 13.0 Å². The molecular formula is C17H20FNO4. The number of aliphatic hydroxyl groups is 2. The zero-order chi connectivity index (χ0) is 16.6. The lowest BCUT2D eigenvalue weighted by Crippen LogP contribution is -2.55. The minimum absolute atomic E-state index is 0.300. The molecule has 2 heterocycles. The largest absolute Gasteiger partial charge is 0.365 e. The van der Waals surface area contributed by atoms with Crippen LogP contribution in [-0.2, 0) is 16.0 Å². The van der Waals surface area contributed by atoms with E-state index in [1.165, 1.54) is 0 Å². The van der Waals surface area contributed by atoms with Gasteiger partial charge in [0.25, 0.3) is 5.91 Å². The van der Waals surface area contributed by atoms with E-state index in [2.05, 4.69) is 6.58 Å². The summed E-state index contributed by atoms with van der Waals surface area (Å²) in [4.78, 5) is 14.3. The summed E-state index contributed by atoms with van der Waals surface area (Å²) in [6.07, 6.45) is -1.07. The topological polar surface area (TPSA) is 70.0 Å². The maximum Gasteiger partial charge on any atom is 0.252 e. The second-order valence-corrected chi connectivity index (χ2v) is 6.03. The second kappa shape index (κ2) is 6.03. The van der Waals surface area contributed by atoms with Crippen molar-refractivity contribution in [3.63, 3.8) is 0 Å². The molecule has 1 aromatic carbocycles. The van der Waals surface area contributed by atoms with Crippen LogP contribution in [-0.4, -0.2) is 52.2 Å². The highest BCUT2D eigenvalue weighted by Gasteiger charge is 2.46. The maximum absolute atomic E-state index is 13.4. The monoisotopic (exact) mass is 321 g/mol. The van der Waals surface area contributed by atoms with Gasteiger partial charge in [-0.25, -0.2) is 4.39 Å². The van der Waals surface area contributed by atoms with Crippen molar-refractivity contribution >= 4 is 5.91 Å². The van der Waals surface area contributed by atoms with Crippen LogP contribution in [0.2, 0.25) is 0 Å². The van der Waals surface area contributed by atoms with Gasteiger partial charge < -0.3 is 19.8 Å². The minimum atomic E-state index is -2.53. The standard InChI is InChI=1S/C17H20FNO4/c1-2-13-12-6-4-3-5-11(12)7-8-19(13)16(20)14-9-17(21,22)15(18)10-23-14/h2-6,13-15,21-22H,1,7-10H2/t13-,14+,15-/m0/s1. The summed E-state index contributed by atoms with van der Waals surface area (Å²) in [5, 5.41) is 19.3. The lowest BCUT2D eigenvalue weighted by Gasteiger charge is -2.40. The smallest absolute Gasteiger partial charge is 0.252 e. The molecule has 2 aliphatic rings. The van der Waals surface area contributed by atoms with E-state index >= 15 is 0 Å². The van der Waals surface area contributed by atoms with Crippen molar-refractivity contribution in [2.75, 3.05) is 13.2 Å². The minimum Gasteiger partial charge on any atom is -0.365 e. The van der Waals surface area contributed by atoms with Gasteiger partial charge in [-0.15, -0.1) is 6.58 Å². The molecule has 3 atom stereocenters. The molecule has 1 amide bonds. The fourth-order valence-electron chi connectivity index (χ4n) is 3.24. The first-order valence-electron chi connectivity index (χ1n) is 7.65. The fourth-order valence-corrected chi connectivity index (χ4v) is 3.24. The molecule has 124 valence electrons. The van der Waals surface area contributed by atoms with Gasteiger partial charge in [-0.2, -0.15) is 0 Å². The molecule has 1 aromatic rings. The SMILES string of the molecule is C=C[C@H]1c2ccccc2CCN1C(=O)[C@H]1CC(O)(O)[C@@H](F)CO1. The quantitative estimate of drug-likeness (QED) is 0.632. The highest BCUT2D eigenvalue weighted by atomic mass is 19.1. The highest BCUT2D eigenvalue weighted by Crippen LogP contribution is 2.33. The Hall–Kier alpha value is -1.76. The molecule has 0 bridgehead atoms. The summed E-state index contributed by atoms with van der Waals surface area (Å²) in [6, 6.07) is 7.52. The van der Waals surface area contributed by atoms with Crippen LogP contribution in [0.3, 0.4) is 0 Å². The van der Waals surface area contributed by atoms with Crippen molar-refractivity contribution in [1.82, 2.24) is 4.90 Å². The van der Waals surface area contributed by atoms with E-state index in [0.29, 0.717) is 13.0 Å². The van der Waals surface area contributed by atoms with E-state index in [4.69, 9.17) is 4.74 Å². The van der Waals surface area contributed by atoms with Crippen molar-refractivity contribution in [3.05, 3.63) is 48.0 Å². The van der Waals surface area contributed by atoms with Crippen LogP contribution >= 0.6 is 0 Å². The van der Waals surface area contributed by atoms with Crippen molar-refractivity contribution in [3.8, 4) is 0 Å². The van der Waals surface area contributed by atoms with Crippen LogP contribution in [0.5, 0.6) is 0 Å². The average molecular weight is 321 g/mol. The average Bonchev–Trinajstić information content (AvgIpc) is 2.55. The molecule has 0 aromatic heterocycles. The number of benzene rings is 1. The number of amides is 1. The van der Waals surface area contributed by atoms with E-state index in [1.807, 2.05) is 24.3 Å². The Labute approximate surface area is 134 Å². The predicted octanol–water partition coefficient (Wildman–Crippen LogP) is 1.11. The van der Waals surface area contributed by atoms with Crippen molar-refractivity contribution in [1.29, 1.82) is 0 Å². The fraction of sp³-hybridized carbons (Fsp3) is 0.471. The molecule has 23 heavy (non-hydrogen) atoms. The zero-order valence-corrected chi connectivity index (χ0v) is 12.7. The van der Waals surface area contributed by atoms with Gasteiger partial charge in [-0.1, -0.05) is 30.3 Å². The number of rotatable bonds is 2. The molecule has 1 saturated heterocycles. The van der Waals surface area contributed by atoms with E-state index in [1.54, 1.807) is 11.0 Å². The summed E-state index contributed by atoms with van der Waals surface area (Å²) in [6.45, 7) is 3.78. The molecule has 1 fully saturated rings. The Morgan fingerprint density at radius 1 is 1.43 bits per heavy atom. The first kappa shape index (κ1) is 16.1. The summed E-state index contributed by atoms with van der Waals surface area (Å²) >= 11 is 0. The van der Waals surface area contributed by atoms with E-state index in [0.717, 1.165) is 11.1 Å². The third-order valence-corrected chi connectivity index (χ3v) is 4.54. The van der Waals surface area contributed by atoms with E-state index < -0.39 is 31.1 Å². The van der Waals surface area contributed by atoms with Crippen LogP contribution < -0.4 is 0 Å². The molecule has 5 nitrogen and oxygen atoms in total. The molecule has 0 saturated carbocycles. The number of hydrogen-bond acceptors (Lipinski definition) is 4. The molecular weight excluding hydrogens is 301 g/mol. The first-order valence-corrected chi connectivity index (χ1v) is 7.65. The van der Waals surface area contributed by atoms with Gasteiger partial charge in [0.15, 0.2) is 12.0 Å². The number of carbonyl (C=O) groups excluding carboxylic acids is 1. The zero-order valence-electron chi connectivity index (χ0n) is 12.7. The Bertz CT molecular complexity index is 618. The lowest BCUT2D eigenvalue weighted by atomic mass is 9.91. The maximum atomic E-state index is 13.4. The number of halogens is 1. The van der Waals surface area contributed by atoms with Gasteiger partial charge in [0.05, 0.1) is 12.6 Å². The van der Waals surface area contributed by atoms with Crippen molar-refractivity contribution < 1.29 is 24.1 Å². The molecule has 0 spiro atoms. The number of fused-ring (bicyclic) bond motifs is 1. The summed E-state index contributed by atoms with van der Waals surface area (Å²) in [7, 11) is 0. The van der Waals surface area contributed by atoms with Crippen LogP contribution in [0.1, 0.15) is 23.6 Å². The summed E-state index contributed by atoms with van der Waals surface area (Å²) in [5.41, 5.74) is 2.16. The predicted molar refractivity (Wildman–Crippen MR) is 81.2 cm³/mol. The van der Waals surface area contributed by atoms with Crippen molar-refractivity contribution in [2.24, 2.45) is 0 Å². The number of nitrogens with zero attached hydrogens (tertiary/aromatic N) is 1. The Kier molecular flexibility index (Phi) is 4.23. The molecule has 2 N–H and O–H groups in total. The first-order chi connectivity index (χ1) is 10.9. The lowest BCUT2D eigenvalue weighted by molar-refractivity contribution is -0.262. The van der Waals surface area contributed by atoms with Gasteiger partial charge in [0.1, 0.15) is 6.10 Å². The normalized spacial score (nSPS) is 29.7. The molecule has 0 aliphatic carbocycles. The Balaban J connectivity index is 1.82. The number of ether oxygens (including phenoxy) is 1. The van der Waals surface area contributed by atoms with Crippen LogP contribution in [0, 0.1) is 0 Å². The third kappa shape index (κ3) is 2.89. The van der Waals surface area contributed by atoms with Gasteiger partial charge in [-0.3, -0.25) is 4.79 Å². The van der Waals surface area contributed by atoms with Gasteiger partial charge >= 0.3 is 0 Å². The highest BCUT2D eigenvalue weighted by molar-refractivity contribution is 5.82. The van der Waals surface area contributed by atoms with Crippen LogP contribution in [0.15, 0.2) is 36.9 Å². The van der Waals surface area contributed by atoms with E-state index in [-0.39, 0.29) is 11.9 Å².